The molecule has 0 radical (unpaired) electrons. The topological polar surface area (TPSA) is 86.6 Å². The standard InChI is InChI=1S/C11H19NO4/c1-8-3-2-4-11(16,6-8)7-12-9(13)5-10(14)15/h8,16H,2-7H2,1H3,(H,12,13)(H,14,15). The molecule has 5 heteroatoms. The molecule has 1 aliphatic rings. The first-order chi connectivity index (χ1) is 7.41. The van der Waals surface area contributed by atoms with Gasteiger partial charge in [0, 0.05) is 6.54 Å². The largest absolute Gasteiger partial charge is 0.481 e. The molecule has 1 fully saturated rings. The Kier molecular flexibility index (Phi) is 4.29. The van der Waals surface area contributed by atoms with Crippen LogP contribution < -0.4 is 5.32 Å². The van der Waals surface area contributed by atoms with Crippen LogP contribution in [0.25, 0.3) is 0 Å². The zero-order chi connectivity index (χ0) is 12.2. The lowest BCUT2D eigenvalue weighted by atomic mass is 9.79. The van der Waals surface area contributed by atoms with Gasteiger partial charge in [0.1, 0.15) is 6.42 Å². The Hall–Kier alpha value is -1.10. The summed E-state index contributed by atoms with van der Waals surface area (Å²) in [5.41, 5.74) is -0.855. The highest BCUT2D eigenvalue weighted by Crippen LogP contribution is 2.31. The van der Waals surface area contributed by atoms with Gasteiger partial charge in [-0.25, -0.2) is 0 Å². The second-order valence-electron chi connectivity index (χ2n) is 4.77. The van der Waals surface area contributed by atoms with Crippen molar-refractivity contribution in [3.05, 3.63) is 0 Å². The first-order valence-electron chi connectivity index (χ1n) is 5.62. The quantitative estimate of drug-likeness (QED) is 0.613. The number of amides is 1. The second-order valence-corrected chi connectivity index (χ2v) is 4.77. The van der Waals surface area contributed by atoms with E-state index in [1.165, 1.54) is 0 Å². The zero-order valence-corrected chi connectivity index (χ0v) is 9.53. The van der Waals surface area contributed by atoms with E-state index in [1.54, 1.807) is 0 Å². The number of rotatable bonds is 4. The van der Waals surface area contributed by atoms with E-state index in [1.807, 2.05) is 0 Å². The van der Waals surface area contributed by atoms with E-state index in [2.05, 4.69) is 12.2 Å². The highest BCUT2D eigenvalue weighted by atomic mass is 16.4. The minimum atomic E-state index is -1.15. The third-order valence-electron chi connectivity index (χ3n) is 2.99. The number of carbonyl (C=O) groups is 2. The number of aliphatic carboxylic acids is 1. The Balaban J connectivity index is 2.35. The van der Waals surface area contributed by atoms with Gasteiger partial charge in [-0.2, -0.15) is 0 Å². The normalized spacial score (nSPS) is 29.8. The number of hydrogen-bond acceptors (Lipinski definition) is 3. The molecule has 1 saturated carbocycles. The number of nitrogens with one attached hydrogen (secondary N) is 1. The van der Waals surface area contributed by atoms with Crippen molar-refractivity contribution in [2.75, 3.05) is 6.54 Å². The minimum absolute atomic E-state index is 0.156. The van der Waals surface area contributed by atoms with Crippen LogP contribution in [-0.4, -0.2) is 34.2 Å². The molecule has 3 N–H and O–H groups in total. The zero-order valence-electron chi connectivity index (χ0n) is 9.53. The van der Waals surface area contributed by atoms with Crippen LogP contribution in [0.2, 0.25) is 0 Å². The number of aliphatic hydroxyl groups is 1. The third kappa shape index (κ3) is 4.18. The Morgan fingerprint density at radius 3 is 2.75 bits per heavy atom. The summed E-state index contributed by atoms with van der Waals surface area (Å²) in [5.74, 6) is -1.24. The van der Waals surface area contributed by atoms with Crippen molar-refractivity contribution in [3.8, 4) is 0 Å². The van der Waals surface area contributed by atoms with Gasteiger partial charge in [0.15, 0.2) is 0 Å². The summed E-state index contributed by atoms with van der Waals surface area (Å²) in [6.45, 7) is 2.23. The van der Waals surface area contributed by atoms with E-state index in [-0.39, 0.29) is 6.54 Å². The van der Waals surface area contributed by atoms with Crippen LogP contribution >= 0.6 is 0 Å². The first kappa shape index (κ1) is 13.0. The second kappa shape index (κ2) is 5.30. The van der Waals surface area contributed by atoms with Crippen molar-refractivity contribution in [1.82, 2.24) is 5.32 Å². The molecule has 1 amide bonds. The Labute approximate surface area is 94.8 Å². The maximum absolute atomic E-state index is 11.1. The van der Waals surface area contributed by atoms with E-state index in [9.17, 15) is 14.7 Å². The van der Waals surface area contributed by atoms with Crippen LogP contribution in [0.3, 0.4) is 0 Å². The van der Waals surface area contributed by atoms with Gasteiger partial charge in [-0.1, -0.05) is 19.8 Å². The predicted molar refractivity (Wildman–Crippen MR) is 57.8 cm³/mol. The fourth-order valence-electron chi connectivity index (χ4n) is 2.26. The summed E-state index contributed by atoms with van der Waals surface area (Å²) in [4.78, 5) is 21.4. The van der Waals surface area contributed by atoms with Crippen LogP contribution in [0.5, 0.6) is 0 Å². The minimum Gasteiger partial charge on any atom is -0.481 e. The van der Waals surface area contributed by atoms with Crippen molar-refractivity contribution >= 4 is 11.9 Å². The van der Waals surface area contributed by atoms with Gasteiger partial charge in [0.05, 0.1) is 5.60 Å². The molecule has 0 aliphatic heterocycles. The Morgan fingerprint density at radius 2 is 2.19 bits per heavy atom. The lowest BCUT2D eigenvalue weighted by Gasteiger charge is -2.35. The van der Waals surface area contributed by atoms with Crippen molar-refractivity contribution in [2.24, 2.45) is 5.92 Å². The van der Waals surface area contributed by atoms with E-state index in [0.29, 0.717) is 18.8 Å². The molecule has 0 heterocycles. The monoisotopic (exact) mass is 229 g/mol. The number of hydrogen-bond donors (Lipinski definition) is 3. The van der Waals surface area contributed by atoms with Crippen molar-refractivity contribution in [3.63, 3.8) is 0 Å². The number of carboxylic acids is 1. The maximum atomic E-state index is 11.1. The number of carboxylic acid groups (broad SMARTS) is 1. The molecule has 0 spiro atoms. The molecule has 0 aromatic rings. The van der Waals surface area contributed by atoms with Crippen LogP contribution in [0.4, 0.5) is 0 Å². The summed E-state index contributed by atoms with van der Waals surface area (Å²) in [6.07, 6.45) is 2.86. The van der Waals surface area contributed by atoms with Crippen LogP contribution in [0.1, 0.15) is 39.0 Å². The van der Waals surface area contributed by atoms with Crippen LogP contribution in [0.15, 0.2) is 0 Å². The summed E-state index contributed by atoms with van der Waals surface area (Å²) in [7, 11) is 0. The van der Waals surface area contributed by atoms with Crippen molar-refractivity contribution < 1.29 is 19.8 Å². The van der Waals surface area contributed by atoms with E-state index >= 15 is 0 Å². The van der Waals surface area contributed by atoms with Crippen LogP contribution in [-0.2, 0) is 9.59 Å². The molecule has 0 saturated heterocycles. The highest BCUT2D eigenvalue weighted by Gasteiger charge is 2.32. The molecular weight excluding hydrogens is 210 g/mol. The lowest BCUT2D eigenvalue weighted by molar-refractivity contribution is -0.141. The molecule has 2 unspecified atom stereocenters. The molecule has 5 nitrogen and oxygen atoms in total. The molecule has 0 aromatic carbocycles. The van der Waals surface area contributed by atoms with Gasteiger partial charge in [0.2, 0.25) is 5.91 Å². The van der Waals surface area contributed by atoms with Crippen molar-refractivity contribution in [2.45, 2.75) is 44.6 Å². The van der Waals surface area contributed by atoms with E-state index in [4.69, 9.17) is 5.11 Å². The Morgan fingerprint density at radius 1 is 1.50 bits per heavy atom. The van der Waals surface area contributed by atoms with Gasteiger partial charge < -0.3 is 15.5 Å². The summed E-state index contributed by atoms with van der Waals surface area (Å²) < 4.78 is 0. The van der Waals surface area contributed by atoms with Gasteiger partial charge >= 0.3 is 5.97 Å². The SMILES string of the molecule is CC1CCCC(O)(CNC(=O)CC(=O)O)C1. The summed E-state index contributed by atoms with van der Waals surface area (Å²) in [6, 6.07) is 0. The summed E-state index contributed by atoms with van der Waals surface area (Å²) >= 11 is 0. The fourth-order valence-corrected chi connectivity index (χ4v) is 2.26. The van der Waals surface area contributed by atoms with Gasteiger partial charge in [-0.3, -0.25) is 9.59 Å². The fraction of sp³-hybridized carbons (Fsp3) is 0.818. The molecule has 1 rings (SSSR count). The summed E-state index contributed by atoms with van der Waals surface area (Å²) in [5, 5.41) is 21.0. The molecule has 1 aliphatic carbocycles. The first-order valence-corrected chi connectivity index (χ1v) is 5.62. The van der Waals surface area contributed by atoms with Gasteiger partial charge in [-0.15, -0.1) is 0 Å². The molecule has 0 aromatic heterocycles. The molecular formula is C11H19NO4. The van der Waals surface area contributed by atoms with E-state index in [0.717, 1.165) is 12.8 Å². The average Bonchev–Trinajstić information content (AvgIpc) is 2.13. The lowest BCUT2D eigenvalue weighted by Crippen LogP contribution is -2.46. The molecule has 2 atom stereocenters. The van der Waals surface area contributed by atoms with Crippen molar-refractivity contribution in [1.29, 1.82) is 0 Å². The highest BCUT2D eigenvalue weighted by molar-refractivity contribution is 5.93. The molecule has 92 valence electrons. The number of carbonyl (C=O) groups excluding carboxylic acids is 1. The third-order valence-corrected chi connectivity index (χ3v) is 2.99. The maximum Gasteiger partial charge on any atom is 0.312 e. The van der Waals surface area contributed by atoms with Crippen LogP contribution in [0, 0.1) is 5.92 Å². The smallest absolute Gasteiger partial charge is 0.312 e. The van der Waals surface area contributed by atoms with Gasteiger partial charge in [-0.05, 0) is 18.8 Å². The average molecular weight is 229 g/mol. The predicted octanol–water partition coefficient (Wildman–Crippen LogP) is 0.518. The van der Waals surface area contributed by atoms with E-state index < -0.39 is 23.9 Å². The molecule has 0 bridgehead atoms. The molecule has 16 heavy (non-hydrogen) atoms. The Bertz CT molecular complexity index is 279. The van der Waals surface area contributed by atoms with Gasteiger partial charge in [0.25, 0.3) is 0 Å².